The van der Waals surface area contributed by atoms with E-state index in [2.05, 4.69) is 0 Å². The number of fused-ring (bicyclic) bond motifs is 20. The maximum Gasteiger partial charge on any atom is 0.0725 e. The third-order valence-corrected chi connectivity index (χ3v) is 11.1. The smallest absolute Gasteiger partial charge is 0.0683 e. The van der Waals surface area contributed by atoms with Crippen LogP contribution in [0.3, 0.4) is 0 Å². The van der Waals surface area contributed by atoms with Crippen LogP contribution in [0.25, 0.3) is 55.6 Å². The molecule has 4 aliphatic rings. The van der Waals surface area contributed by atoms with Gasteiger partial charge in [0.2, 0.25) is 0 Å². The van der Waals surface area contributed by atoms with Crippen LogP contribution in [0.2, 0.25) is 0 Å². The lowest BCUT2D eigenvalue weighted by Crippen LogP contribution is -2.25. The first-order chi connectivity index (χ1) is 61.7. The molecule has 0 atom stereocenters. The van der Waals surface area contributed by atoms with Gasteiger partial charge in [0.15, 0.2) is 0 Å². The summed E-state index contributed by atoms with van der Waals surface area (Å²) in [6.07, 6.45) is 0. The summed E-state index contributed by atoms with van der Waals surface area (Å²) in [6, 6.07) is -31.7. The molecule has 0 nitrogen and oxygen atoms in total. The largest absolute Gasteiger partial charge is 0.0725 e. The van der Waals surface area contributed by atoms with Crippen LogP contribution in [0, 0.1) is 0 Å². The van der Waals surface area contributed by atoms with E-state index in [-0.39, 0.29) is 89.0 Å². The van der Waals surface area contributed by atoms with Gasteiger partial charge in [0, 0.05) is 0 Å². The van der Waals surface area contributed by atoms with E-state index in [0.29, 0.717) is 0 Å². The minimum Gasteiger partial charge on any atom is -0.0683 e. The van der Waals surface area contributed by atoms with Gasteiger partial charge >= 0.3 is 0 Å². The Morgan fingerprint density at radius 3 is 0.405 bits per heavy atom. The van der Waals surface area contributed by atoms with Gasteiger partial charge < -0.3 is 0 Å². The summed E-state index contributed by atoms with van der Waals surface area (Å²) in [5.74, 6) is 0. The second kappa shape index (κ2) is 36.1. The molecule has 0 bridgehead atoms. The maximum absolute atomic E-state index is 8.96. The van der Waals surface area contributed by atoms with Gasteiger partial charge in [0.05, 0.1) is 76.6 Å². The fourth-order valence-electron chi connectivity index (χ4n) is 8.69. The van der Waals surface area contributed by atoms with Crippen molar-refractivity contribution in [3.05, 3.63) is 335 Å². The highest BCUT2D eigenvalue weighted by Gasteiger charge is 2.52. The predicted octanol–water partition coefficient (Wildman–Crippen LogP) is 25.3. The molecule has 4 aliphatic carbocycles. The molecular formula is C84H96. The fourth-order valence-corrected chi connectivity index (χ4v) is 8.69. The zero-order chi connectivity index (χ0) is 103. The molecule has 0 N–H and O–H groups in total. The molecule has 11 aromatic carbocycles. The second-order valence-corrected chi connectivity index (χ2v) is 14.2. The van der Waals surface area contributed by atoms with Crippen molar-refractivity contribution in [3.63, 3.8) is 0 Å². The molecule has 0 heterocycles. The second-order valence-electron chi connectivity index (χ2n) is 14.2. The van der Waals surface area contributed by atoms with Crippen LogP contribution in [-0.2, 0) is 10.8 Å². The lowest BCUT2D eigenvalue weighted by molar-refractivity contribution is 0.794. The van der Waals surface area contributed by atoms with Gasteiger partial charge in [0.25, 0.3) is 0 Å². The number of hydrogen-bond acceptors (Lipinski definition) is 0. The zero-order valence-electron chi connectivity index (χ0n) is 98.0. The van der Waals surface area contributed by atoms with Gasteiger partial charge in [-0.15, -0.1) is 0 Å². The van der Waals surface area contributed by atoms with Gasteiger partial charge in [0.1, 0.15) is 0 Å². The standard InChI is InChI=1S/2C25H16.C12H10.C6H6.8C2H6/c2*1-5-13-21-17(9-1)18-10-2-6-14-22(18)25(21)23-15-7-3-11-19(23)20-12-4-8-16-24(20)25;1-3-7-11(8-4-1)12-9-5-2-6-10-12;1-2-4-6-5-3-1;8*1-2/h2*1-16H;1-10H;1-6H;8*1-2H3/i2*1D,2D,3D,4D,5D,6D,7D,8D,9D,10D,11D,12D,13D,14D,15D,16D;1D,2D,3D,4D,5D,6D,7D,8D,9D,10D;1D,2D,3D,4D,5D,6D;;;;;;;;. The molecule has 0 fully saturated rings. The van der Waals surface area contributed by atoms with E-state index >= 15 is 0 Å². The van der Waals surface area contributed by atoms with E-state index in [0.717, 1.165) is 0 Å². The van der Waals surface area contributed by atoms with Gasteiger partial charge in [-0.25, -0.2) is 0 Å². The zero-order valence-corrected chi connectivity index (χ0v) is 50.0. The van der Waals surface area contributed by atoms with Crippen molar-refractivity contribution in [2.75, 3.05) is 0 Å². The normalized spacial score (nSPS) is 19.3. The third-order valence-electron chi connectivity index (χ3n) is 11.1. The Bertz CT molecular complexity index is 5360. The average molecular weight is 1150 g/mol. The molecule has 0 aromatic heterocycles. The highest BCUT2D eigenvalue weighted by Crippen LogP contribution is 2.64. The maximum atomic E-state index is 8.96. The third kappa shape index (κ3) is 13.4. The number of benzene rings is 11. The van der Waals surface area contributed by atoms with Gasteiger partial charge in [-0.2, -0.15) is 0 Å². The van der Waals surface area contributed by atoms with Gasteiger partial charge in [-0.1, -0.05) is 401 Å². The van der Waals surface area contributed by atoms with Crippen molar-refractivity contribution in [2.45, 2.75) is 122 Å². The van der Waals surface area contributed by atoms with Crippen molar-refractivity contribution in [2.24, 2.45) is 0 Å². The van der Waals surface area contributed by atoms with Crippen LogP contribution >= 0.6 is 0 Å². The summed E-state index contributed by atoms with van der Waals surface area (Å²) in [5, 5.41) is 0. The highest BCUT2D eigenvalue weighted by atomic mass is 14.5. The van der Waals surface area contributed by atoms with Crippen molar-refractivity contribution in [1.82, 2.24) is 0 Å². The molecule has 0 unspecified atom stereocenters. The van der Waals surface area contributed by atoms with E-state index in [9.17, 15) is 0 Å². The van der Waals surface area contributed by atoms with Crippen LogP contribution in [0.5, 0.6) is 0 Å². The molecule has 0 radical (unpaired) electrons. The molecule has 15 rings (SSSR count). The summed E-state index contributed by atoms with van der Waals surface area (Å²) >= 11 is 0. The Kier molecular flexibility index (Phi) is 11.2. The van der Waals surface area contributed by atoms with E-state index in [4.69, 9.17) is 65.8 Å². The van der Waals surface area contributed by atoms with Crippen LogP contribution < -0.4 is 0 Å². The molecule has 0 saturated carbocycles. The summed E-state index contributed by atoms with van der Waals surface area (Å²) in [4.78, 5) is 0. The predicted molar refractivity (Wildman–Crippen MR) is 375 cm³/mol. The summed E-state index contributed by atoms with van der Waals surface area (Å²) in [7, 11) is 0. The molecule has 0 amide bonds. The summed E-state index contributed by atoms with van der Waals surface area (Å²) in [6.45, 7) is 32.0. The molecule has 84 heavy (non-hydrogen) atoms. The van der Waals surface area contributed by atoms with Crippen molar-refractivity contribution in [3.8, 4) is 55.6 Å². The summed E-state index contributed by atoms with van der Waals surface area (Å²) in [5.41, 5.74) is -11.2. The molecule has 11 aromatic rings. The lowest BCUT2D eigenvalue weighted by Gasteiger charge is -2.30. The molecule has 0 heteroatoms. The quantitative estimate of drug-likeness (QED) is 0.154. The van der Waals surface area contributed by atoms with Crippen LogP contribution in [0.15, 0.2) is 290 Å². The minimum atomic E-state index is -2.37. The van der Waals surface area contributed by atoms with Crippen molar-refractivity contribution < 1.29 is 65.8 Å². The van der Waals surface area contributed by atoms with E-state index in [1.165, 1.54) is 0 Å². The Morgan fingerprint density at radius 2 is 0.262 bits per heavy atom. The molecule has 0 aliphatic heterocycles. The van der Waals surface area contributed by atoms with E-state index in [1.54, 1.807) is 0 Å². The monoisotopic (exact) mass is 1150 g/mol. The summed E-state index contributed by atoms with van der Waals surface area (Å²) < 4.78 is 395. The van der Waals surface area contributed by atoms with Crippen LogP contribution in [0.1, 0.15) is 221 Å². The van der Waals surface area contributed by atoms with Crippen LogP contribution in [-0.4, -0.2) is 0 Å². The Balaban J connectivity index is 0.000000373. The number of hydrogen-bond donors (Lipinski definition) is 0. The topological polar surface area (TPSA) is 0 Å². The Hall–Kier alpha value is -8.58. The van der Waals surface area contributed by atoms with E-state index < -0.39 is 312 Å². The first kappa shape index (κ1) is 26.1. The number of rotatable bonds is 1. The molecule has 432 valence electrons. The molecular weight excluding hydrogens is 1010 g/mol. The highest BCUT2D eigenvalue weighted by molar-refractivity contribution is 5.96. The average Bonchev–Trinajstić information content (AvgIpc) is 1.48. The first-order valence-corrected chi connectivity index (χ1v) is 27.8. The van der Waals surface area contributed by atoms with Crippen molar-refractivity contribution >= 4 is 0 Å². The Labute approximate surface area is 577 Å². The Morgan fingerprint density at radius 1 is 0.155 bits per heavy atom. The molecule has 0 saturated heterocycles. The SMILES string of the molecule is CC.CC.CC.CC.CC.CC.CC.CC.[2H]c1c([2H])c([2H])c(-c2c([2H])c([2H])c([2H])c([2H])c2[2H])c([2H])c1[2H].[2H]c1c([2H])c([2H])c([2H])c([2H])c1[2H].[2H]c1c([2H])c([2H])c2c(c1[2H])-c1c([2H])c([2H])c([2H])c([2H])c1C21c2c([2H])c([2H])c([2H])c([2H])c2-c2c([2H])c([2H])c([2H])c([2H])c21.[2H]c1c([2H])c([2H])c2c(c1[2H])-c1c([2H])c([2H])c([2H])c([2H])c1C21c2c([2H])c([2H])c([2H])c([2H])c2-c2c([2H])c([2H])c([2H])c([2H])c21. The fraction of sp³-hybridized carbons (Fsp3) is 0.214. The molecule has 2 spiro atoms. The van der Waals surface area contributed by atoms with Crippen LogP contribution in [0.4, 0.5) is 0 Å². The van der Waals surface area contributed by atoms with Crippen molar-refractivity contribution in [1.29, 1.82) is 0 Å². The lowest BCUT2D eigenvalue weighted by atomic mass is 9.70. The van der Waals surface area contributed by atoms with Gasteiger partial charge in [-0.3, -0.25) is 0 Å². The minimum absolute atomic E-state index is 0.336. The first-order valence-electron chi connectivity index (χ1n) is 51.8. The van der Waals surface area contributed by atoms with Gasteiger partial charge in [-0.05, 0) is 100 Å². The van der Waals surface area contributed by atoms with E-state index in [1.807, 2.05) is 111 Å².